The number of alkyl halides is 1. The Morgan fingerprint density at radius 3 is 2.53 bits per heavy atom. The minimum absolute atomic E-state index is 0.00915. The van der Waals surface area contributed by atoms with Crippen molar-refractivity contribution in [3.05, 3.63) is 53.7 Å². The molecule has 314 valence electrons. The number of hydrogen-bond donors (Lipinski definition) is 3. The van der Waals surface area contributed by atoms with Gasteiger partial charge in [0.1, 0.15) is 29.8 Å². The van der Waals surface area contributed by atoms with Crippen molar-refractivity contribution in [1.82, 2.24) is 30.1 Å². The van der Waals surface area contributed by atoms with E-state index in [2.05, 4.69) is 21.4 Å². The zero-order valence-electron chi connectivity index (χ0n) is 34.6. The molecule has 0 unspecified atom stereocenters. The topological polar surface area (TPSA) is 177 Å². The summed E-state index contributed by atoms with van der Waals surface area (Å²) in [6.45, 7) is 13.1. The summed E-state index contributed by atoms with van der Waals surface area (Å²) < 4.78 is 8.02. The van der Waals surface area contributed by atoms with E-state index in [1.165, 1.54) is 5.01 Å². The number of nitrogens with zero attached hydrogens (tertiary/aromatic N) is 5. The Labute approximate surface area is 349 Å². The molecule has 59 heavy (non-hydrogen) atoms. The summed E-state index contributed by atoms with van der Waals surface area (Å²) in [6, 6.07) is 10.6. The lowest BCUT2D eigenvalue weighted by Crippen LogP contribution is -2.64. The molecule has 3 N–H and O–H groups in total. The number of nitriles is 1. The minimum atomic E-state index is -1.15. The molecule has 1 aromatic heterocycles. The fraction of sp³-hybridized carbons (Fsp3) is 0.545. The first kappa shape index (κ1) is 42.0. The smallest absolute Gasteiger partial charge is 0.324 e. The number of fused-ring (bicyclic) bond motifs is 6. The molecule has 15 heteroatoms. The quantitative estimate of drug-likeness (QED) is 0.242. The van der Waals surface area contributed by atoms with Crippen molar-refractivity contribution in [2.45, 2.75) is 97.3 Å². The maximum atomic E-state index is 14.6. The number of benzene rings is 2. The van der Waals surface area contributed by atoms with Crippen LogP contribution in [0.4, 0.5) is 0 Å². The third kappa shape index (κ3) is 8.11. The van der Waals surface area contributed by atoms with Gasteiger partial charge in [-0.1, -0.05) is 45.9 Å². The first-order chi connectivity index (χ1) is 27.8. The fourth-order valence-corrected chi connectivity index (χ4v) is 9.31. The van der Waals surface area contributed by atoms with Crippen LogP contribution >= 0.6 is 11.6 Å². The average Bonchev–Trinajstić information content (AvgIpc) is 3.72. The third-order valence-electron chi connectivity index (χ3n) is 12.4. The number of likely N-dealkylation sites (tertiary alicyclic amines) is 2. The number of carbonyl (C=O) groups is 5. The number of halogens is 1. The van der Waals surface area contributed by atoms with Gasteiger partial charge in [0.25, 0.3) is 5.91 Å². The van der Waals surface area contributed by atoms with Crippen molar-refractivity contribution >= 4 is 52.1 Å². The molecular weight excluding hydrogens is 774 g/mol. The van der Waals surface area contributed by atoms with E-state index in [-0.39, 0.29) is 62.0 Å². The van der Waals surface area contributed by atoms with E-state index in [0.29, 0.717) is 43.5 Å². The minimum Gasteiger partial charge on any atom is -0.508 e. The van der Waals surface area contributed by atoms with Crippen molar-refractivity contribution in [3.8, 4) is 22.9 Å². The van der Waals surface area contributed by atoms with Crippen molar-refractivity contribution in [2.24, 2.45) is 16.7 Å². The van der Waals surface area contributed by atoms with Crippen LogP contribution in [-0.2, 0) is 47.1 Å². The number of ether oxygens (including phenoxy) is 1. The second-order valence-electron chi connectivity index (χ2n) is 18.5. The number of phenols is 1. The summed E-state index contributed by atoms with van der Waals surface area (Å²) in [5.41, 5.74) is 4.78. The molecule has 6 bridgehead atoms. The monoisotopic (exact) mass is 827 g/mol. The van der Waals surface area contributed by atoms with Crippen molar-refractivity contribution in [3.63, 3.8) is 0 Å². The number of cyclic esters (lactones) is 1. The molecule has 3 saturated heterocycles. The number of nitrogens with one attached hydrogen (secondary N) is 2. The molecule has 0 aliphatic carbocycles. The second-order valence-corrected chi connectivity index (χ2v) is 18.7. The van der Waals surface area contributed by atoms with Crippen LogP contribution in [0.3, 0.4) is 0 Å². The van der Waals surface area contributed by atoms with Crippen molar-refractivity contribution < 1.29 is 33.8 Å². The van der Waals surface area contributed by atoms with Gasteiger partial charge in [0.15, 0.2) is 0 Å². The molecule has 3 fully saturated rings. The summed E-state index contributed by atoms with van der Waals surface area (Å²) >= 11 is 5.76. The summed E-state index contributed by atoms with van der Waals surface area (Å²) in [7, 11) is 0. The maximum absolute atomic E-state index is 14.6. The van der Waals surface area contributed by atoms with Gasteiger partial charge >= 0.3 is 5.97 Å². The van der Waals surface area contributed by atoms with Crippen molar-refractivity contribution in [1.29, 1.82) is 5.26 Å². The highest BCUT2D eigenvalue weighted by atomic mass is 35.5. The third-order valence-corrected chi connectivity index (χ3v) is 12.6. The summed E-state index contributed by atoms with van der Waals surface area (Å²) in [4.78, 5) is 71.9. The zero-order chi connectivity index (χ0) is 42.6. The van der Waals surface area contributed by atoms with Gasteiger partial charge in [-0.3, -0.25) is 29.0 Å². The Morgan fingerprint density at radius 2 is 1.83 bits per heavy atom. The second kappa shape index (κ2) is 15.8. The van der Waals surface area contributed by atoms with E-state index in [4.69, 9.17) is 16.3 Å². The molecule has 5 heterocycles. The number of aromatic nitrogens is 1. The van der Waals surface area contributed by atoms with Crippen LogP contribution in [0.15, 0.2) is 42.6 Å². The van der Waals surface area contributed by atoms with Crippen LogP contribution in [0.5, 0.6) is 5.75 Å². The summed E-state index contributed by atoms with van der Waals surface area (Å²) in [5, 5.41) is 26.5. The number of phenolic OH excluding ortho intramolecular Hbond substituents is 1. The van der Waals surface area contributed by atoms with E-state index in [1.807, 2.05) is 72.0 Å². The van der Waals surface area contributed by atoms with Gasteiger partial charge < -0.3 is 29.5 Å². The van der Waals surface area contributed by atoms with E-state index in [9.17, 15) is 34.3 Å². The van der Waals surface area contributed by atoms with Crippen molar-refractivity contribution in [2.75, 3.05) is 38.7 Å². The molecule has 0 radical (unpaired) electrons. The molecule has 4 aliphatic rings. The Morgan fingerprint density at radius 1 is 1.08 bits per heavy atom. The Balaban J connectivity index is 1.25. The van der Waals surface area contributed by atoms with Crippen LogP contribution in [-0.4, -0.2) is 111 Å². The molecule has 7 rings (SSSR count). The van der Waals surface area contributed by atoms with Crippen LogP contribution in [0.1, 0.15) is 71.9 Å². The van der Waals surface area contributed by atoms with Gasteiger partial charge in [0, 0.05) is 61.7 Å². The molecular formula is C44H54ClN7O7. The number of amides is 4. The van der Waals surface area contributed by atoms with E-state index in [1.54, 1.807) is 21.9 Å². The van der Waals surface area contributed by atoms with E-state index in [0.717, 1.165) is 22.0 Å². The summed E-state index contributed by atoms with van der Waals surface area (Å²) in [6.07, 6.45) is 3.43. The van der Waals surface area contributed by atoms with Gasteiger partial charge in [0.2, 0.25) is 17.7 Å². The molecule has 4 amide bonds. The van der Waals surface area contributed by atoms with Crippen LogP contribution in [0.2, 0.25) is 0 Å². The number of hydrazine groups is 1. The maximum Gasteiger partial charge on any atom is 0.324 e. The molecule has 1 spiro atoms. The first-order valence-electron chi connectivity index (χ1n) is 20.4. The Bertz CT molecular complexity index is 2240. The predicted molar refractivity (Wildman–Crippen MR) is 221 cm³/mol. The van der Waals surface area contributed by atoms with Crippen LogP contribution < -0.4 is 10.7 Å². The van der Waals surface area contributed by atoms with Gasteiger partial charge in [-0.2, -0.15) is 5.26 Å². The van der Waals surface area contributed by atoms with Crippen LogP contribution in [0, 0.1) is 28.1 Å². The van der Waals surface area contributed by atoms with E-state index < -0.39 is 52.2 Å². The zero-order valence-corrected chi connectivity index (χ0v) is 35.4. The predicted octanol–water partition coefficient (Wildman–Crippen LogP) is 4.25. The molecule has 4 aliphatic heterocycles. The summed E-state index contributed by atoms with van der Waals surface area (Å²) in [5.74, 6) is -2.43. The van der Waals surface area contributed by atoms with Gasteiger partial charge in [0.05, 0.1) is 23.5 Å². The highest BCUT2D eigenvalue weighted by molar-refractivity contribution is 6.27. The average molecular weight is 828 g/mol. The Hall–Kier alpha value is -5.13. The van der Waals surface area contributed by atoms with E-state index >= 15 is 0 Å². The fourth-order valence-electron chi connectivity index (χ4n) is 9.14. The largest absolute Gasteiger partial charge is 0.508 e. The standard InChI is InChI=1S/C44H54ClN7O7/c1-26(2)37(51-13-11-44(41(51)58)23-50(24-44)36(54)19-45)38(55)47-34-16-27-14-29(17-30(53)15-27)28-9-10-31-32(43(5,6)21-46)20-49(35(31)18-28)22-42(3,4)25-59-40(57)33-8-7-12-52(48-33)39(34)56/h9-10,14-15,17-18,20,26,33-34,37,48,53H,7-8,11-13,16,19,22-25H2,1-6H3,(H,47,55)/t33-,34-,37-/m0/s1. The number of carbonyl (C=O) groups excluding carboxylic acids is 5. The van der Waals surface area contributed by atoms with Crippen LogP contribution in [0.25, 0.3) is 22.0 Å². The molecule has 3 atom stereocenters. The number of aromatic hydroxyl groups is 1. The van der Waals surface area contributed by atoms with Gasteiger partial charge in [-0.25, -0.2) is 5.43 Å². The van der Waals surface area contributed by atoms with Gasteiger partial charge in [-0.15, -0.1) is 11.6 Å². The molecule has 2 aromatic carbocycles. The lowest BCUT2D eigenvalue weighted by molar-refractivity contribution is -0.156. The lowest BCUT2D eigenvalue weighted by Gasteiger charge is -2.46. The molecule has 14 nitrogen and oxygen atoms in total. The highest BCUT2D eigenvalue weighted by Gasteiger charge is 2.58. The Kier molecular flexibility index (Phi) is 11.3. The molecule has 3 aromatic rings. The normalized spacial score (nSPS) is 22.5. The number of esters is 1. The lowest BCUT2D eigenvalue weighted by atomic mass is 9.78. The molecule has 0 saturated carbocycles. The number of hydrogen-bond acceptors (Lipinski definition) is 9. The van der Waals surface area contributed by atoms with Gasteiger partial charge in [-0.05, 0) is 79.5 Å². The SMILES string of the molecule is CC(C)[C@@H](C(=O)N[C@H]1Cc2cc(O)cc(c2)-c2ccc3c(C(C)(C)C#N)cn(c3c2)CC(C)(C)COC(=O)[C@@H]2CCCN(N2)C1=O)N1CCC2(CN(C(=O)CCl)C2)C1=O. The number of rotatable bonds is 6. The highest BCUT2D eigenvalue weighted by Crippen LogP contribution is 2.42. The first-order valence-corrected chi connectivity index (χ1v) is 21.0.